The van der Waals surface area contributed by atoms with Crippen LogP contribution in [0.1, 0.15) is 11.5 Å². The lowest BCUT2D eigenvalue weighted by atomic mass is 9.99. The maximum Gasteiger partial charge on any atom is 0.324 e. The van der Waals surface area contributed by atoms with Crippen molar-refractivity contribution in [3.63, 3.8) is 0 Å². The summed E-state index contributed by atoms with van der Waals surface area (Å²) in [5.41, 5.74) is 0.207. The van der Waals surface area contributed by atoms with Crippen LogP contribution in [0.5, 0.6) is 0 Å². The molecule has 0 aromatic heterocycles. The van der Waals surface area contributed by atoms with Crippen LogP contribution in [-0.2, 0) is 19.1 Å². The molecule has 86 valence electrons. The van der Waals surface area contributed by atoms with Gasteiger partial charge in [-0.2, -0.15) is 0 Å². The van der Waals surface area contributed by atoms with Crippen molar-refractivity contribution < 1.29 is 23.5 Å². The van der Waals surface area contributed by atoms with E-state index in [2.05, 4.69) is 9.47 Å². The number of rotatable bonds is 3. The Morgan fingerprint density at radius 1 is 1.19 bits per heavy atom. The van der Waals surface area contributed by atoms with Crippen molar-refractivity contribution in [1.82, 2.24) is 0 Å². The minimum Gasteiger partial charge on any atom is -0.468 e. The SMILES string of the molecule is COC(=O)C(C(=O)OC)c1cccc(F)c1. The average molecular weight is 226 g/mol. The third-order valence-electron chi connectivity index (χ3n) is 2.06. The molecular weight excluding hydrogens is 215 g/mol. The van der Waals surface area contributed by atoms with Gasteiger partial charge in [0, 0.05) is 0 Å². The highest BCUT2D eigenvalue weighted by Crippen LogP contribution is 2.19. The Morgan fingerprint density at radius 2 is 1.75 bits per heavy atom. The molecule has 0 heterocycles. The molecule has 5 heteroatoms. The van der Waals surface area contributed by atoms with Gasteiger partial charge in [0.2, 0.25) is 0 Å². The highest BCUT2D eigenvalue weighted by atomic mass is 19.1. The fourth-order valence-corrected chi connectivity index (χ4v) is 1.29. The van der Waals surface area contributed by atoms with Crippen molar-refractivity contribution in [2.75, 3.05) is 14.2 Å². The molecule has 1 aromatic carbocycles. The zero-order valence-electron chi connectivity index (χ0n) is 8.90. The number of halogens is 1. The summed E-state index contributed by atoms with van der Waals surface area (Å²) in [6, 6.07) is 5.18. The number of esters is 2. The summed E-state index contributed by atoms with van der Waals surface area (Å²) in [5, 5.41) is 0. The molecule has 0 aliphatic heterocycles. The molecule has 0 saturated heterocycles. The highest BCUT2D eigenvalue weighted by Gasteiger charge is 2.30. The molecule has 0 radical (unpaired) electrons. The minimum absolute atomic E-state index is 0.207. The maximum absolute atomic E-state index is 13.0. The van der Waals surface area contributed by atoms with E-state index < -0.39 is 23.7 Å². The largest absolute Gasteiger partial charge is 0.468 e. The van der Waals surface area contributed by atoms with Crippen LogP contribution < -0.4 is 0 Å². The molecule has 4 nitrogen and oxygen atoms in total. The Bertz CT molecular complexity index is 387. The second-order valence-corrected chi connectivity index (χ2v) is 3.03. The third-order valence-corrected chi connectivity index (χ3v) is 2.06. The van der Waals surface area contributed by atoms with E-state index in [4.69, 9.17) is 0 Å². The Hall–Kier alpha value is -1.91. The second kappa shape index (κ2) is 5.25. The molecule has 0 aliphatic carbocycles. The average Bonchev–Trinajstić information content (AvgIpc) is 2.29. The second-order valence-electron chi connectivity index (χ2n) is 3.03. The van der Waals surface area contributed by atoms with Gasteiger partial charge in [-0.25, -0.2) is 4.39 Å². The van der Waals surface area contributed by atoms with Crippen LogP contribution >= 0.6 is 0 Å². The van der Waals surface area contributed by atoms with Crippen LogP contribution in [0, 0.1) is 5.82 Å². The first kappa shape index (κ1) is 12.2. The molecule has 1 rings (SSSR count). The van der Waals surface area contributed by atoms with E-state index >= 15 is 0 Å². The van der Waals surface area contributed by atoms with Gasteiger partial charge in [0.15, 0.2) is 5.92 Å². The number of ether oxygens (including phenoxy) is 2. The van der Waals surface area contributed by atoms with Gasteiger partial charge in [0.25, 0.3) is 0 Å². The van der Waals surface area contributed by atoms with Gasteiger partial charge in [-0.1, -0.05) is 12.1 Å². The summed E-state index contributed by atoms with van der Waals surface area (Å²) in [6.45, 7) is 0. The van der Waals surface area contributed by atoms with Crippen LogP contribution in [0.4, 0.5) is 4.39 Å². The summed E-state index contributed by atoms with van der Waals surface area (Å²) in [5.74, 6) is -3.34. The Kier molecular flexibility index (Phi) is 3.99. The lowest BCUT2D eigenvalue weighted by molar-refractivity contribution is -0.154. The molecule has 0 N–H and O–H groups in total. The molecule has 0 bridgehead atoms. The summed E-state index contributed by atoms with van der Waals surface area (Å²) in [4.78, 5) is 22.8. The number of hydrogen-bond donors (Lipinski definition) is 0. The molecule has 0 spiro atoms. The van der Waals surface area contributed by atoms with Crippen molar-refractivity contribution in [3.8, 4) is 0 Å². The van der Waals surface area contributed by atoms with Gasteiger partial charge >= 0.3 is 11.9 Å². The van der Waals surface area contributed by atoms with Crippen molar-refractivity contribution in [2.45, 2.75) is 5.92 Å². The minimum atomic E-state index is -1.24. The van der Waals surface area contributed by atoms with E-state index in [1.807, 2.05) is 0 Å². The number of benzene rings is 1. The number of carbonyl (C=O) groups excluding carboxylic acids is 2. The molecule has 0 unspecified atom stereocenters. The summed E-state index contributed by atoms with van der Waals surface area (Å²) < 4.78 is 21.9. The predicted molar refractivity (Wildman–Crippen MR) is 53.2 cm³/mol. The third kappa shape index (κ3) is 2.56. The molecule has 0 saturated carbocycles. The Morgan fingerprint density at radius 3 is 2.19 bits per heavy atom. The lowest BCUT2D eigenvalue weighted by Gasteiger charge is -2.12. The molecule has 0 aliphatic rings. The van der Waals surface area contributed by atoms with E-state index in [-0.39, 0.29) is 5.56 Å². The topological polar surface area (TPSA) is 52.6 Å². The van der Waals surface area contributed by atoms with Crippen LogP contribution in [0.25, 0.3) is 0 Å². The van der Waals surface area contributed by atoms with Crippen LogP contribution in [0.15, 0.2) is 24.3 Å². The van der Waals surface area contributed by atoms with E-state index in [0.717, 1.165) is 20.3 Å². The number of carbonyl (C=O) groups is 2. The van der Waals surface area contributed by atoms with Gasteiger partial charge in [-0.15, -0.1) is 0 Å². The summed E-state index contributed by atoms with van der Waals surface area (Å²) in [7, 11) is 2.30. The fraction of sp³-hybridized carbons (Fsp3) is 0.273. The zero-order chi connectivity index (χ0) is 12.1. The predicted octanol–water partition coefficient (Wildman–Crippen LogP) is 1.26. The van der Waals surface area contributed by atoms with E-state index in [1.165, 1.54) is 18.2 Å². The first-order valence-electron chi connectivity index (χ1n) is 4.51. The summed E-state index contributed by atoms with van der Waals surface area (Å²) >= 11 is 0. The van der Waals surface area contributed by atoms with Crippen LogP contribution in [-0.4, -0.2) is 26.2 Å². The van der Waals surface area contributed by atoms with E-state index in [9.17, 15) is 14.0 Å². The van der Waals surface area contributed by atoms with Crippen LogP contribution in [0.3, 0.4) is 0 Å². The summed E-state index contributed by atoms with van der Waals surface area (Å²) in [6.07, 6.45) is 0. The molecule has 0 fully saturated rings. The van der Waals surface area contributed by atoms with Gasteiger partial charge in [0.1, 0.15) is 5.82 Å². The van der Waals surface area contributed by atoms with Gasteiger partial charge < -0.3 is 9.47 Å². The van der Waals surface area contributed by atoms with Crippen molar-refractivity contribution in [2.24, 2.45) is 0 Å². The van der Waals surface area contributed by atoms with Crippen LogP contribution in [0.2, 0.25) is 0 Å². The first-order valence-corrected chi connectivity index (χ1v) is 4.51. The van der Waals surface area contributed by atoms with E-state index in [1.54, 1.807) is 0 Å². The first-order chi connectivity index (χ1) is 7.60. The Labute approximate surface area is 92.0 Å². The lowest BCUT2D eigenvalue weighted by Crippen LogP contribution is -2.24. The molecular formula is C11H11FO4. The smallest absolute Gasteiger partial charge is 0.324 e. The fourth-order valence-electron chi connectivity index (χ4n) is 1.29. The van der Waals surface area contributed by atoms with Gasteiger partial charge in [0.05, 0.1) is 14.2 Å². The number of methoxy groups -OCH3 is 2. The maximum atomic E-state index is 13.0. The molecule has 0 amide bonds. The quantitative estimate of drug-likeness (QED) is 0.575. The van der Waals surface area contributed by atoms with Crippen molar-refractivity contribution in [1.29, 1.82) is 0 Å². The standard InChI is InChI=1S/C11H11FO4/c1-15-10(13)9(11(14)16-2)7-4-3-5-8(12)6-7/h3-6,9H,1-2H3. The monoisotopic (exact) mass is 226 g/mol. The molecule has 1 aromatic rings. The van der Waals surface area contributed by atoms with Gasteiger partial charge in [-0.3, -0.25) is 9.59 Å². The number of hydrogen-bond acceptors (Lipinski definition) is 4. The Balaban J connectivity index is 3.10. The van der Waals surface area contributed by atoms with E-state index in [0.29, 0.717) is 0 Å². The molecule has 0 atom stereocenters. The zero-order valence-corrected chi connectivity index (χ0v) is 8.90. The normalized spacial score (nSPS) is 10.0. The van der Waals surface area contributed by atoms with Gasteiger partial charge in [-0.05, 0) is 17.7 Å². The molecule has 16 heavy (non-hydrogen) atoms. The highest BCUT2D eigenvalue weighted by molar-refractivity contribution is 6.00. The van der Waals surface area contributed by atoms with Crippen molar-refractivity contribution >= 4 is 11.9 Å². The van der Waals surface area contributed by atoms with Crippen molar-refractivity contribution in [3.05, 3.63) is 35.6 Å².